The minimum Gasteiger partial charge on any atom is -0.512 e. The maximum atomic E-state index is 13.8. The third-order valence-corrected chi connectivity index (χ3v) is 6.69. The molecule has 0 aliphatic heterocycles. The molecular weight excluding hydrogens is 418 g/mol. The Hall–Kier alpha value is -1.99. The maximum absolute atomic E-state index is 13.8. The second-order valence-corrected chi connectivity index (χ2v) is 9.05. The Labute approximate surface area is 188 Å². The summed E-state index contributed by atoms with van der Waals surface area (Å²) in [4.78, 5) is 10.6. The lowest BCUT2D eigenvalue weighted by Crippen LogP contribution is -2.22. The van der Waals surface area contributed by atoms with Crippen LogP contribution in [-0.4, -0.2) is 38.6 Å². The molecule has 0 aromatic heterocycles. The fourth-order valence-corrected chi connectivity index (χ4v) is 4.70. The predicted molar refractivity (Wildman–Crippen MR) is 118 cm³/mol. The average Bonchev–Trinajstić information content (AvgIpc) is 2.99. The summed E-state index contributed by atoms with van der Waals surface area (Å²) in [5.41, 5.74) is 1.13. The Morgan fingerprint density at radius 3 is 2.25 bits per heavy atom. The number of carboxylic acids is 1. The van der Waals surface area contributed by atoms with E-state index in [1.807, 2.05) is 0 Å². The van der Waals surface area contributed by atoms with E-state index in [1.54, 1.807) is 6.92 Å². The Morgan fingerprint density at radius 1 is 0.938 bits per heavy atom. The molecule has 1 aromatic rings. The Bertz CT molecular complexity index is 780. The van der Waals surface area contributed by atoms with Crippen LogP contribution in [0.5, 0.6) is 0 Å². The van der Waals surface area contributed by atoms with Crippen molar-refractivity contribution in [3.8, 4) is 0 Å². The maximum Gasteiger partial charge on any atom is 0.303 e. The Kier molecular flexibility index (Phi) is 10.6. The molecule has 1 fully saturated rings. The quantitative estimate of drug-likeness (QED) is 0.240. The number of benzene rings is 1. The van der Waals surface area contributed by atoms with Gasteiger partial charge < -0.3 is 20.4 Å². The fourth-order valence-electron chi connectivity index (χ4n) is 4.70. The molecule has 4 atom stereocenters. The van der Waals surface area contributed by atoms with Gasteiger partial charge in [-0.3, -0.25) is 4.79 Å². The molecule has 0 amide bonds. The molecule has 1 saturated carbocycles. The van der Waals surface area contributed by atoms with Crippen LogP contribution in [0.15, 0.2) is 29.5 Å². The van der Waals surface area contributed by atoms with Crippen LogP contribution in [-0.2, 0) is 11.2 Å². The first-order valence-corrected chi connectivity index (χ1v) is 11.6. The van der Waals surface area contributed by atoms with Gasteiger partial charge in [-0.2, -0.15) is 0 Å². The summed E-state index contributed by atoms with van der Waals surface area (Å²) < 4.78 is 26.8. The first-order valence-electron chi connectivity index (χ1n) is 11.6. The molecule has 0 radical (unpaired) electrons. The molecule has 0 spiro atoms. The second-order valence-electron chi connectivity index (χ2n) is 9.05. The highest BCUT2D eigenvalue weighted by atomic mass is 19.1. The molecule has 180 valence electrons. The predicted octanol–water partition coefficient (Wildman–Crippen LogP) is 5.29. The highest BCUT2D eigenvalue weighted by Crippen LogP contribution is 2.39. The van der Waals surface area contributed by atoms with E-state index in [2.05, 4.69) is 0 Å². The van der Waals surface area contributed by atoms with E-state index in [-0.39, 0.29) is 24.0 Å². The SMILES string of the molecule is C/C(CCc1ccc(F)cc1F)=C(\O)CC[C@@H]1[C@@H](CCCCCCC(=O)O)[C@@H](O)C[C@H]1O. The van der Waals surface area contributed by atoms with Crippen LogP contribution >= 0.6 is 0 Å². The van der Waals surface area contributed by atoms with Crippen molar-refractivity contribution in [2.24, 2.45) is 11.8 Å². The van der Waals surface area contributed by atoms with Crippen LogP contribution < -0.4 is 0 Å². The number of rotatable bonds is 13. The Morgan fingerprint density at radius 2 is 1.59 bits per heavy atom. The normalized spacial score (nSPS) is 23.9. The molecule has 5 nitrogen and oxygen atoms in total. The summed E-state index contributed by atoms with van der Waals surface area (Å²) in [6.45, 7) is 1.78. The number of halogens is 2. The molecule has 1 aliphatic carbocycles. The highest BCUT2D eigenvalue weighted by molar-refractivity contribution is 5.66. The lowest BCUT2D eigenvalue weighted by Gasteiger charge is -2.23. The van der Waals surface area contributed by atoms with E-state index in [9.17, 15) is 28.9 Å². The number of hydrogen-bond donors (Lipinski definition) is 4. The van der Waals surface area contributed by atoms with Gasteiger partial charge in [0.2, 0.25) is 0 Å². The summed E-state index contributed by atoms with van der Waals surface area (Å²) in [6.07, 6.45) is 5.08. The van der Waals surface area contributed by atoms with E-state index < -0.39 is 29.8 Å². The topological polar surface area (TPSA) is 98.0 Å². The second kappa shape index (κ2) is 12.9. The van der Waals surface area contributed by atoms with Crippen molar-refractivity contribution in [1.82, 2.24) is 0 Å². The average molecular weight is 455 g/mol. The van der Waals surface area contributed by atoms with Gasteiger partial charge in [0.05, 0.1) is 18.0 Å². The molecule has 0 saturated heterocycles. The van der Waals surface area contributed by atoms with Crippen LogP contribution in [0, 0.1) is 23.5 Å². The molecular formula is C25H36F2O5. The zero-order valence-corrected chi connectivity index (χ0v) is 18.8. The van der Waals surface area contributed by atoms with Crippen LogP contribution in [0.2, 0.25) is 0 Å². The lowest BCUT2D eigenvalue weighted by molar-refractivity contribution is -0.137. The van der Waals surface area contributed by atoms with Crippen molar-refractivity contribution in [3.63, 3.8) is 0 Å². The van der Waals surface area contributed by atoms with E-state index >= 15 is 0 Å². The number of aliphatic hydroxyl groups is 3. The standard InChI is InChI=1S/C25H36F2O5/c1-16(8-9-17-10-11-18(26)14-21(17)27)22(28)13-12-20-19(23(29)15-24(20)30)6-4-2-3-5-7-25(31)32/h10-11,14,19-20,23-24,28-30H,2-9,12-13,15H2,1H3,(H,31,32)/b22-16+/t19-,20-,23+,24-/m1/s1. The summed E-state index contributed by atoms with van der Waals surface area (Å²) >= 11 is 0. The van der Waals surface area contributed by atoms with Gasteiger partial charge in [-0.05, 0) is 74.5 Å². The van der Waals surface area contributed by atoms with Gasteiger partial charge >= 0.3 is 5.97 Å². The van der Waals surface area contributed by atoms with Gasteiger partial charge in [-0.1, -0.05) is 25.3 Å². The zero-order valence-electron chi connectivity index (χ0n) is 18.8. The molecule has 0 unspecified atom stereocenters. The third-order valence-electron chi connectivity index (χ3n) is 6.69. The minimum atomic E-state index is -0.787. The van der Waals surface area contributed by atoms with Crippen LogP contribution in [0.3, 0.4) is 0 Å². The number of unbranched alkanes of at least 4 members (excludes halogenated alkanes) is 3. The fraction of sp³-hybridized carbons (Fsp3) is 0.640. The summed E-state index contributed by atoms with van der Waals surface area (Å²) in [7, 11) is 0. The van der Waals surface area contributed by atoms with Gasteiger partial charge in [0.15, 0.2) is 0 Å². The molecule has 32 heavy (non-hydrogen) atoms. The van der Waals surface area contributed by atoms with Crippen LogP contribution in [0.25, 0.3) is 0 Å². The van der Waals surface area contributed by atoms with Crippen molar-refractivity contribution in [2.75, 3.05) is 0 Å². The first-order chi connectivity index (χ1) is 15.2. The molecule has 4 N–H and O–H groups in total. The van der Waals surface area contributed by atoms with E-state index in [1.165, 1.54) is 12.1 Å². The number of carboxylic acid groups (broad SMARTS) is 1. The van der Waals surface area contributed by atoms with E-state index in [4.69, 9.17) is 5.11 Å². The highest BCUT2D eigenvalue weighted by Gasteiger charge is 2.40. The Balaban J connectivity index is 1.82. The van der Waals surface area contributed by atoms with E-state index in [0.29, 0.717) is 44.1 Å². The van der Waals surface area contributed by atoms with Crippen molar-refractivity contribution in [2.45, 2.75) is 89.8 Å². The molecule has 1 aromatic carbocycles. The molecule has 7 heteroatoms. The van der Waals surface area contributed by atoms with Crippen LogP contribution in [0.1, 0.15) is 76.7 Å². The lowest BCUT2D eigenvalue weighted by atomic mass is 9.85. The van der Waals surface area contributed by atoms with Crippen molar-refractivity contribution in [1.29, 1.82) is 0 Å². The monoisotopic (exact) mass is 454 g/mol. The van der Waals surface area contributed by atoms with Crippen molar-refractivity contribution >= 4 is 5.97 Å². The van der Waals surface area contributed by atoms with Gasteiger partial charge in [0.25, 0.3) is 0 Å². The number of aliphatic hydroxyl groups excluding tert-OH is 3. The first kappa shape index (κ1) is 26.3. The van der Waals surface area contributed by atoms with Crippen LogP contribution in [0.4, 0.5) is 8.78 Å². The number of carbonyl (C=O) groups is 1. The minimum absolute atomic E-state index is 0.0362. The smallest absolute Gasteiger partial charge is 0.303 e. The molecule has 2 rings (SSSR count). The van der Waals surface area contributed by atoms with Crippen molar-refractivity contribution < 1.29 is 34.0 Å². The number of aliphatic carboxylic acids is 1. The van der Waals surface area contributed by atoms with Gasteiger partial charge in [-0.15, -0.1) is 0 Å². The summed E-state index contributed by atoms with van der Waals surface area (Å²) in [6, 6.07) is 3.49. The molecule has 0 heterocycles. The number of aryl methyl sites for hydroxylation is 1. The zero-order chi connectivity index (χ0) is 23.7. The molecule has 1 aliphatic rings. The van der Waals surface area contributed by atoms with Gasteiger partial charge in [0.1, 0.15) is 11.6 Å². The van der Waals surface area contributed by atoms with Crippen molar-refractivity contribution in [3.05, 3.63) is 46.7 Å². The number of hydrogen-bond acceptors (Lipinski definition) is 4. The van der Waals surface area contributed by atoms with Gasteiger partial charge in [0, 0.05) is 18.9 Å². The van der Waals surface area contributed by atoms with E-state index in [0.717, 1.165) is 37.3 Å². The molecule has 0 bridgehead atoms. The van der Waals surface area contributed by atoms with Gasteiger partial charge in [-0.25, -0.2) is 8.78 Å². The third kappa shape index (κ3) is 8.17. The largest absolute Gasteiger partial charge is 0.512 e. The summed E-state index contributed by atoms with van der Waals surface area (Å²) in [5, 5.41) is 39.9. The number of allylic oxidation sites excluding steroid dienone is 2. The summed E-state index contributed by atoms with van der Waals surface area (Å²) in [5.74, 6) is -1.92.